The van der Waals surface area contributed by atoms with Crippen LogP contribution in [0.1, 0.15) is 0 Å². The lowest BCUT2D eigenvalue weighted by atomic mass is 9.98. The predicted molar refractivity (Wildman–Crippen MR) is 304 cm³/mol. The Labute approximate surface area is 419 Å². The molecule has 0 spiro atoms. The largest absolute Gasteiger partial charge is 0.456 e. The monoisotopic (exact) mass is 952 g/mol. The van der Waals surface area contributed by atoms with Crippen molar-refractivity contribution in [3.63, 3.8) is 0 Å². The van der Waals surface area contributed by atoms with E-state index in [2.05, 4.69) is 211 Å². The summed E-state index contributed by atoms with van der Waals surface area (Å²) in [5, 5.41) is 14.1. The highest BCUT2D eigenvalue weighted by molar-refractivity contribution is 7.26. The average Bonchev–Trinajstić information content (AvgIpc) is 4.21. The van der Waals surface area contributed by atoms with Crippen LogP contribution in [0.25, 0.3) is 157 Å². The van der Waals surface area contributed by atoms with Crippen LogP contribution < -0.4 is 0 Å². The second kappa shape index (κ2) is 15.2. The van der Waals surface area contributed by atoms with Crippen molar-refractivity contribution in [1.29, 1.82) is 0 Å². The van der Waals surface area contributed by atoms with Gasteiger partial charge in [0, 0.05) is 84.1 Å². The molecule has 334 valence electrons. The van der Waals surface area contributed by atoms with E-state index in [0.29, 0.717) is 17.5 Å². The molecule has 7 heteroatoms. The van der Waals surface area contributed by atoms with Crippen LogP contribution in [0.3, 0.4) is 0 Å². The summed E-state index contributed by atoms with van der Waals surface area (Å²) in [4.78, 5) is 16.5. The summed E-state index contributed by atoms with van der Waals surface area (Å²) < 4.78 is 13.7. The minimum atomic E-state index is 0.602. The van der Waals surface area contributed by atoms with E-state index >= 15 is 0 Å². The smallest absolute Gasteiger partial charge is 0.164 e. The number of benzene rings is 11. The first-order valence-corrected chi connectivity index (χ1v) is 25.8. The molecule has 5 aromatic heterocycles. The van der Waals surface area contributed by atoms with Crippen LogP contribution >= 0.6 is 22.7 Å². The van der Waals surface area contributed by atoms with Crippen LogP contribution in [0, 0.1) is 0 Å². The summed E-state index contributed by atoms with van der Waals surface area (Å²) in [6, 6.07) is 78.7. The van der Waals surface area contributed by atoms with E-state index in [1.165, 1.54) is 61.9 Å². The Hall–Kier alpha value is -9.01. The second-order valence-electron chi connectivity index (χ2n) is 18.6. The summed E-state index contributed by atoms with van der Waals surface area (Å²) in [6.45, 7) is 0. The topological polar surface area (TPSA) is 56.7 Å². The number of rotatable bonds is 5. The fraction of sp³-hybridized carbons (Fsp3) is 0. The van der Waals surface area contributed by atoms with E-state index in [9.17, 15) is 0 Å². The molecule has 0 saturated heterocycles. The van der Waals surface area contributed by atoms with Gasteiger partial charge in [-0.15, -0.1) is 22.7 Å². The van der Waals surface area contributed by atoms with Gasteiger partial charge in [0.15, 0.2) is 17.5 Å². The minimum absolute atomic E-state index is 0.602. The molecule has 5 nitrogen and oxygen atoms in total. The maximum absolute atomic E-state index is 6.42. The summed E-state index contributed by atoms with van der Waals surface area (Å²) in [7, 11) is 0. The van der Waals surface area contributed by atoms with Gasteiger partial charge in [0.25, 0.3) is 0 Å². The van der Waals surface area contributed by atoms with Gasteiger partial charge in [-0.3, -0.25) is 0 Å². The fourth-order valence-electron chi connectivity index (χ4n) is 11.4. The van der Waals surface area contributed by atoms with Gasteiger partial charge in [-0.05, 0) is 106 Å². The molecule has 0 bridgehead atoms. The van der Waals surface area contributed by atoms with Crippen molar-refractivity contribution in [3.8, 4) is 51.0 Å². The van der Waals surface area contributed by atoms with Crippen molar-refractivity contribution in [1.82, 2.24) is 19.5 Å². The maximum atomic E-state index is 6.42. The summed E-state index contributed by atoms with van der Waals surface area (Å²) in [6.07, 6.45) is 0. The first-order valence-electron chi connectivity index (χ1n) is 24.2. The number of hydrogen-bond acceptors (Lipinski definition) is 6. The van der Waals surface area contributed by atoms with Crippen molar-refractivity contribution in [2.45, 2.75) is 0 Å². The van der Waals surface area contributed by atoms with Crippen LogP contribution in [-0.4, -0.2) is 19.5 Å². The van der Waals surface area contributed by atoms with Gasteiger partial charge in [-0.1, -0.05) is 140 Å². The Morgan fingerprint density at radius 3 is 1.61 bits per heavy atom. The molecule has 72 heavy (non-hydrogen) atoms. The molecule has 0 atom stereocenters. The van der Waals surface area contributed by atoms with Crippen molar-refractivity contribution < 1.29 is 4.42 Å². The van der Waals surface area contributed by atoms with Gasteiger partial charge in [0.05, 0.1) is 16.7 Å². The molecule has 0 fully saturated rings. The third kappa shape index (κ3) is 5.89. The molecule has 0 aliphatic heterocycles. The lowest BCUT2D eigenvalue weighted by Gasteiger charge is -2.17. The van der Waals surface area contributed by atoms with Gasteiger partial charge in [0.2, 0.25) is 0 Å². The number of para-hydroxylation sites is 1. The fourth-order valence-corrected chi connectivity index (χ4v) is 13.7. The normalized spacial score (nSPS) is 12.2. The van der Waals surface area contributed by atoms with Gasteiger partial charge in [-0.25, -0.2) is 15.0 Å². The predicted octanol–water partition coefficient (Wildman–Crippen LogP) is 18.6. The van der Waals surface area contributed by atoms with Gasteiger partial charge in [-0.2, -0.15) is 0 Å². The van der Waals surface area contributed by atoms with Crippen LogP contribution in [-0.2, 0) is 0 Å². The Morgan fingerprint density at radius 2 is 0.889 bits per heavy atom. The molecular formula is C65H36N4OS2. The number of furan rings is 1. The van der Waals surface area contributed by atoms with Crippen molar-refractivity contribution >= 4 is 128 Å². The molecule has 16 rings (SSSR count). The van der Waals surface area contributed by atoms with E-state index in [1.807, 2.05) is 12.1 Å². The first kappa shape index (κ1) is 39.8. The maximum Gasteiger partial charge on any atom is 0.164 e. The van der Waals surface area contributed by atoms with E-state index in [0.717, 1.165) is 77.2 Å². The summed E-state index contributed by atoms with van der Waals surface area (Å²) >= 11 is 3.60. The first-order chi connectivity index (χ1) is 35.7. The van der Waals surface area contributed by atoms with E-state index in [1.54, 1.807) is 22.7 Å². The standard InChI is InChI=1S/C65H36N4OS2/c1-2-15-39-36-53-50(33-38(39)14-1)60-42-16-4-3-13-37(42)27-31-52(60)69(53)51-30-28-41(35-48(51)40-29-32-55-49(34-40)43-17-5-8-22-54(43)70-55)63-66-64(46-20-11-25-58-61(46)44-18-6-9-23-56(44)71-58)68-65(67-63)47-21-12-26-59-62(47)45-19-7-10-24-57(45)72-59/h1-36H. The lowest BCUT2D eigenvalue weighted by Crippen LogP contribution is -2.02. The molecule has 0 saturated carbocycles. The molecule has 0 aliphatic carbocycles. The highest BCUT2D eigenvalue weighted by Crippen LogP contribution is 2.45. The van der Waals surface area contributed by atoms with Gasteiger partial charge < -0.3 is 8.98 Å². The Kier molecular flexibility index (Phi) is 8.43. The lowest BCUT2D eigenvalue weighted by molar-refractivity contribution is 0.669. The van der Waals surface area contributed by atoms with Crippen molar-refractivity contribution in [3.05, 3.63) is 218 Å². The van der Waals surface area contributed by atoms with Crippen LogP contribution in [0.2, 0.25) is 0 Å². The molecule has 11 aromatic carbocycles. The van der Waals surface area contributed by atoms with Crippen LogP contribution in [0.5, 0.6) is 0 Å². The SMILES string of the molecule is c1ccc2cc3c(cc2c1)c1c2ccccc2ccc1n3-c1ccc(-c2nc(-c3cccc4sc5ccccc5c34)nc(-c3cccc4sc5ccccc5c34)n2)cc1-c1ccc2oc3ccccc3c2c1. The van der Waals surface area contributed by atoms with Crippen LogP contribution in [0.15, 0.2) is 223 Å². The molecule has 0 unspecified atom stereocenters. The average molecular weight is 953 g/mol. The molecule has 5 heterocycles. The summed E-state index contributed by atoms with van der Waals surface area (Å²) in [5.41, 5.74) is 10.00. The van der Waals surface area contributed by atoms with E-state index in [-0.39, 0.29) is 0 Å². The molecule has 0 radical (unpaired) electrons. The molecule has 0 aliphatic rings. The zero-order valence-corrected chi connectivity index (χ0v) is 39.9. The Morgan fingerprint density at radius 1 is 0.319 bits per heavy atom. The van der Waals surface area contributed by atoms with Crippen LogP contribution in [0.4, 0.5) is 0 Å². The summed E-state index contributed by atoms with van der Waals surface area (Å²) in [5.74, 6) is 1.88. The molecule has 0 N–H and O–H groups in total. The Bertz CT molecular complexity index is 4830. The van der Waals surface area contributed by atoms with E-state index < -0.39 is 0 Å². The zero-order valence-electron chi connectivity index (χ0n) is 38.3. The highest BCUT2D eigenvalue weighted by atomic mass is 32.1. The van der Waals surface area contributed by atoms with Crippen molar-refractivity contribution in [2.75, 3.05) is 0 Å². The molecule has 16 aromatic rings. The number of nitrogens with zero attached hydrogens (tertiary/aromatic N) is 4. The molecule has 0 amide bonds. The quantitative estimate of drug-likeness (QED) is 0.172. The van der Waals surface area contributed by atoms with Gasteiger partial charge in [0.1, 0.15) is 11.2 Å². The number of fused-ring (bicyclic) bond motifs is 15. The minimum Gasteiger partial charge on any atom is -0.456 e. The van der Waals surface area contributed by atoms with Crippen molar-refractivity contribution in [2.24, 2.45) is 0 Å². The third-order valence-corrected chi connectivity index (χ3v) is 16.9. The zero-order chi connectivity index (χ0) is 47.0. The Balaban J connectivity index is 1.00. The van der Waals surface area contributed by atoms with Gasteiger partial charge >= 0.3 is 0 Å². The third-order valence-electron chi connectivity index (χ3n) is 14.6. The second-order valence-corrected chi connectivity index (χ2v) is 20.8. The van der Waals surface area contributed by atoms with E-state index in [4.69, 9.17) is 19.4 Å². The number of thiophene rings is 2. The number of hydrogen-bond donors (Lipinski definition) is 0. The number of aromatic nitrogens is 4. The highest BCUT2D eigenvalue weighted by Gasteiger charge is 2.23. The molecular weight excluding hydrogens is 917 g/mol.